The Kier molecular flexibility index (Phi) is 24.9. The molecule has 2 saturated heterocycles. The fraction of sp³-hybridized carbons (Fsp3) is 0.449. The summed E-state index contributed by atoms with van der Waals surface area (Å²) in [6, 6.07) is 27.3. The third kappa shape index (κ3) is 20.5. The first kappa shape index (κ1) is 78.9. The van der Waals surface area contributed by atoms with Crippen molar-refractivity contribution in [1.82, 2.24) is 89.3 Å². The fourth-order valence-electron chi connectivity index (χ4n) is 11.6. The molecule has 28 nitrogen and oxygen atoms in total. The number of carbonyl (C=O) groups is 2. The van der Waals surface area contributed by atoms with Crippen LogP contribution in [0, 0.1) is 0 Å². The van der Waals surface area contributed by atoms with Crippen molar-refractivity contribution in [2.24, 2.45) is 19.8 Å². The number of amides is 2. The summed E-state index contributed by atoms with van der Waals surface area (Å²) in [4.78, 5) is 53.6. The molecule has 2 aliphatic heterocycles. The Morgan fingerprint density at radius 1 is 0.594 bits per heavy atom. The second-order valence-corrected chi connectivity index (χ2v) is 41.7. The molecule has 8 aromatic heterocycles. The van der Waals surface area contributed by atoms with Crippen LogP contribution in [-0.4, -0.2) is 183 Å². The number of anilines is 1. The van der Waals surface area contributed by atoms with E-state index < -0.39 is 66.4 Å². The van der Waals surface area contributed by atoms with E-state index in [2.05, 4.69) is 101 Å². The van der Waals surface area contributed by atoms with Crippen LogP contribution in [0.25, 0.3) is 67.6 Å². The van der Waals surface area contributed by atoms with Crippen molar-refractivity contribution in [2.75, 3.05) is 37.9 Å². The summed E-state index contributed by atoms with van der Waals surface area (Å²) in [5.74, 6) is 0.764. The third-order valence-corrected chi connectivity index (χ3v) is 21.9. The van der Waals surface area contributed by atoms with Crippen molar-refractivity contribution >= 4 is 66.2 Å². The van der Waals surface area contributed by atoms with E-state index in [1.807, 2.05) is 74.5 Å². The maximum absolute atomic E-state index is 14.5. The van der Waals surface area contributed by atoms with Gasteiger partial charge in [0.15, 0.2) is 11.6 Å². The minimum Gasteiger partial charge on any atom is -0.445 e. The van der Waals surface area contributed by atoms with Crippen molar-refractivity contribution in [1.29, 1.82) is 0 Å². The highest BCUT2D eigenvalue weighted by molar-refractivity contribution is 7.90. The fourth-order valence-corrected chi connectivity index (χ4v) is 13.6. The second-order valence-electron chi connectivity index (χ2n) is 28.6. The van der Waals surface area contributed by atoms with Gasteiger partial charge >= 0.3 is 24.5 Å². The number of halogens is 6. The van der Waals surface area contributed by atoms with Crippen molar-refractivity contribution in [2.45, 2.75) is 159 Å². The number of fused-ring (bicyclic) bond motifs is 2. The van der Waals surface area contributed by atoms with Crippen molar-refractivity contribution < 1.29 is 63.3 Å². The maximum Gasteiger partial charge on any atom is 0.419 e. The molecule has 0 spiro atoms. The number of sulfone groups is 1. The van der Waals surface area contributed by atoms with Crippen LogP contribution in [0.5, 0.6) is 0 Å². The molecule has 37 heteroatoms. The normalized spacial score (nSPS) is 16.7. The lowest BCUT2D eigenvalue weighted by molar-refractivity contribution is -0.138. The molecule has 2 aromatic carbocycles. The van der Waals surface area contributed by atoms with Gasteiger partial charge in [-0.05, 0) is 108 Å². The highest BCUT2D eigenvalue weighted by Crippen LogP contribution is 2.42. The van der Waals surface area contributed by atoms with Crippen LogP contribution in [0.15, 0.2) is 115 Å². The van der Waals surface area contributed by atoms with E-state index in [-0.39, 0.29) is 79.6 Å². The number of pyridine rings is 2. The molecule has 3 N–H and O–H groups in total. The largest absolute Gasteiger partial charge is 0.445 e. The Morgan fingerprint density at radius 2 is 1.04 bits per heavy atom. The Bertz CT molecular complexity index is 4790. The number of hydrogen-bond acceptors (Lipinski definition) is 22. The van der Waals surface area contributed by atoms with E-state index in [1.165, 1.54) is 15.6 Å². The van der Waals surface area contributed by atoms with Crippen molar-refractivity contribution in [3.05, 3.63) is 132 Å². The lowest BCUT2D eigenvalue weighted by Gasteiger charge is -2.37. The van der Waals surface area contributed by atoms with Gasteiger partial charge in [-0.25, -0.2) is 57.3 Å². The van der Waals surface area contributed by atoms with E-state index in [0.717, 1.165) is 48.5 Å². The van der Waals surface area contributed by atoms with E-state index >= 15 is 0 Å². The zero-order valence-electron chi connectivity index (χ0n) is 60.7. The summed E-state index contributed by atoms with van der Waals surface area (Å²) in [6.45, 7) is 19.7. The first-order valence-electron chi connectivity index (χ1n) is 34.2. The van der Waals surface area contributed by atoms with Gasteiger partial charge in [0, 0.05) is 134 Å². The molecule has 10 aromatic rings. The number of aryl methyl sites for hydroxylation is 2. The van der Waals surface area contributed by atoms with Crippen LogP contribution < -0.4 is 11.1 Å². The molecule has 2 amide bonds. The van der Waals surface area contributed by atoms with Gasteiger partial charge in [0.1, 0.15) is 60.5 Å². The van der Waals surface area contributed by atoms with Gasteiger partial charge in [0.05, 0.1) is 11.4 Å². The van der Waals surface area contributed by atoms with Crippen LogP contribution in [0.4, 0.5) is 41.9 Å². The predicted molar refractivity (Wildman–Crippen MR) is 388 cm³/mol. The highest BCUT2D eigenvalue weighted by atomic mass is 32.2. The SMILES string of the molecule is C[C@H]1CC[C@H](N)CN1C(=O)OCc1ccccc1.C[C@H]1CC[C@H](Nc2ncc(C(F)(F)F)c(-c3cn(COCC[Si](C)(C)C)c4nc(-c5nnnn5C)ccc34)n2)CN1C(=O)OCc1ccccc1.Cn1nnnc1-c1ccc2c(-c3nc(S(C)(=O)=O)ncc3C(F)(F)F)cn(COCC[Si](C)(C)C)c2n1. The van der Waals surface area contributed by atoms with Crippen LogP contribution in [0.1, 0.15) is 61.8 Å². The summed E-state index contributed by atoms with van der Waals surface area (Å²) >= 11 is 0. The van der Waals surface area contributed by atoms with Crippen molar-refractivity contribution in [3.8, 4) is 45.6 Å². The van der Waals surface area contributed by atoms with Crippen LogP contribution in [0.2, 0.25) is 51.4 Å². The summed E-state index contributed by atoms with van der Waals surface area (Å²) in [5.41, 5.74) is 6.52. The van der Waals surface area contributed by atoms with E-state index in [4.69, 9.17) is 29.7 Å². The van der Waals surface area contributed by atoms with Gasteiger partial charge < -0.3 is 48.9 Å². The lowest BCUT2D eigenvalue weighted by Crippen LogP contribution is -2.50. The topological polar surface area (TPSA) is 324 Å². The van der Waals surface area contributed by atoms with E-state index in [0.29, 0.717) is 90.5 Å². The van der Waals surface area contributed by atoms with E-state index in [9.17, 15) is 44.3 Å². The third-order valence-electron chi connectivity index (χ3n) is 17.6. The number of ether oxygens (including phenoxy) is 4. The Balaban J connectivity index is 0.000000190. The molecule has 2 aliphatic rings. The first-order chi connectivity index (χ1) is 50.1. The zero-order chi connectivity index (χ0) is 76.5. The molecule has 0 unspecified atom stereocenters. The van der Waals surface area contributed by atoms with Gasteiger partial charge in [-0.15, -0.1) is 10.2 Å². The summed E-state index contributed by atoms with van der Waals surface area (Å²) in [7, 11) is -3.42. The number of piperidine rings is 2. The number of alkyl halides is 6. The number of tetrazole rings is 2. The average molecular weight is 1530 g/mol. The van der Waals surface area contributed by atoms with Crippen molar-refractivity contribution in [3.63, 3.8) is 0 Å². The minimum absolute atomic E-state index is 0.0113. The smallest absolute Gasteiger partial charge is 0.419 e. The molecule has 4 atom stereocenters. The molecule has 12 rings (SSSR count). The molecule has 0 aliphatic carbocycles. The Hall–Kier alpha value is -9.70. The van der Waals surface area contributed by atoms with Gasteiger partial charge in [0.25, 0.3) is 0 Å². The molecule has 10 heterocycles. The second kappa shape index (κ2) is 33.4. The highest BCUT2D eigenvalue weighted by Gasteiger charge is 2.40. The number of nitrogens with two attached hydrogens (primary N) is 1. The molecular weight excluding hydrogens is 1440 g/mol. The Labute approximate surface area is 610 Å². The minimum atomic E-state index is -4.83. The molecule has 106 heavy (non-hydrogen) atoms. The Morgan fingerprint density at radius 3 is 1.47 bits per heavy atom. The number of carbonyl (C=O) groups excluding carboxylic acids is 2. The number of rotatable bonds is 21. The summed E-state index contributed by atoms with van der Waals surface area (Å²) < 4.78 is 138. The number of nitrogens with zero attached hydrogens (tertiary/aromatic N) is 18. The standard InChI is InChI=1S/C34H41F3N10O3Si.C21H25F3N8O3SSi.C14H20N2O2/c1-22-11-12-24(18-47(22)33(48)50-20-23-9-7-6-8-10-23)39-32-38-17-27(34(35,36)37)29(41-32)26-19-46(21-49-15-16-51(3,4)5)30-25(26)13-14-28(40-30)31-42-43-44-45(31)2;1-31-19(28-29-30-31)16-7-6-13-14(11-32(18(13)26-16)12-35-8-9-37(3,4)5)17-15(21(22,23)24)10-25-20(27-17)36(2,33)34;1-11-7-8-13(15)9-16(11)14(17)18-10-12-5-3-2-4-6-12/h6-10,13-14,17,19,22,24H,11-12,15-16,18,20-21H2,1-5H3,(H,38,39,41);6-7,10-11H,8-9,12H2,1-5H3;2-6,11,13H,7-10,15H2,1H3/t22-,24-;;11-,13-/m0.0/s1. The number of nitrogens with one attached hydrogen (secondary N) is 1. The van der Waals surface area contributed by atoms with Gasteiger partial charge in [-0.3, -0.25) is 0 Å². The predicted octanol–water partition coefficient (Wildman–Crippen LogP) is 12.2. The van der Waals surface area contributed by atoms with Crippen LogP contribution in [0.3, 0.4) is 0 Å². The summed E-state index contributed by atoms with van der Waals surface area (Å²) in [5, 5.41) is 26.2. The molecular formula is C69H86F6N20O8SSi2. The molecule has 566 valence electrons. The monoisotopic (exact) mass is 1520 g/mol. The number of benzene rings is 2. The van der Waals surface area contributed by atoms with Gasteiger partial charge in [-0.2, -0.15) is 26.3 Å². The van der Waals surface area contributed by atoms with E-state index in [1.54, 1.807) is 63.5 Å². The average Bonchev–Trinajstić information content (AvgIpc) is 1.59. The van der Waals surface area contributed by atoms with Gasteiger partial charge in [-0.1, -0.05) is 99.9 Å². The molecule has 0 saturated carbocycles. The number of hydrogen-bond donors (Lipinski definition) is 2. The summed E-state index contributed by atoms with van der Waals surface area (Å²) in [6.07, 6.45) is -1.94. The van der Waals surface area contributed by atoms with Gasteiger partial charge in [0.2, 0.25) is 20.9 Å². The maximum atomic E-state index is 14.5. The van der Waals surface area contributed by atoms with Crippen LogP contribution in [-0.2, 0) is 81.9 Å². The molecule has 0 radical (unpaired) electrons. The number of aromatic nitrogens is 16. The molecule has 2 fully saturated rings. The quantitative estimate of drug-likeness (QED) is 0.0292. The zero-order valence-corrected chi connectivity index (χ0v) is 63.5. The lowest BCUT2D eigenvalue weighted by atomic mass is 10.00. The number of likely N-dealkylation sites (tertiary alicyclic amines) is 2. The first-order valence-corrected chi connectivity index (χ1v) is 43.6. The molecule has 0 bridgehead atoms. The van der Waals surface area contributed by atoms with Crippen LogP contribution >= 0.6 is 0 Å².